The van der Waals surface area contributed by atoms with Crippen LogP contribution in [0.25, 0.3) is 0 Å². The Labute approximate surface area is 77.4 Å². The Morgan fingerprint density at radius 1 is 1.33 bits per heavy atom. The summed E-state index contributed by atoms with van der Waals surface area (Å²) in [7, 11) is 1.00. The fraction of sp³-hybridized carbons (Fsp3) is 0.333. The summed E-state index contributed by atoms with van der Waals surface area (Å²) in [5, 5.41) is 16.3. The van der Waals surface area contributed by atoms with Crippen molar-refractivity contribution in [3.63, 3.8) is 0 Å². The van der Waals surface area contributed by atoms with E-state index in [-0.39, 0.29) is 6.61 Å². The second kappa shape index (κ2) is 7.10. The lowest BCUT2D eigenvalue weighted by atomic mass is 10.2. The first-order valence-electron chi connectivity index (χ1n) is 3.63. The van der Waals surface area contributed by atoms with Gasteiger partial charge in [0.25, 0.3) is 0 Å². The van der Waals surface area contributed by atoms with Gasteiger partial charge in [0.2, 0.25) is 0 Å². The normalized spacial score (nSPS) is 8.67. The number of hydrogen-bond donors (Lipinski definition) is 2. The van der Waals surface area contributed by atoms with Crippen molar-refractivity contribution in [3.05, 3.63) is 34.9 Å². The summed E-state index contributed by atoms with van der Waals surface area (Å²) in [4.78, 5) is 0. The third-order valence-corrected chi connectivity index (χ3v) is 1.52. The number of aliphatic hydroxyl groups is 2. The third kappa shape index (κ3) is 4.34. The van der Waals surface area contributed by atoms with Gasteiger partial charge < -0.3 is 10.2 Å². The van der Waals surface area contributed by atoms with E-state index in [1.165, 1.54) is 0 Å². The SMILES string of the molecule is CO.OCCc1cccc(Cl)c1. The van der Waals surface area contributed by atoms with E-state index in [2.05, 4.69) is 0 Å². The lowest BCUT2D eigenvalue weighted by molar-refractivity contribution is 0.299. The van der Waals surface area contributed by atoms with E-state index in [1.54, 1.807) is 0 Å². The molecule has 0 radical (unpaired) electrons. The topological polar surface area (TPSA) is 40.5 Å². The highest BCUT2D eigenvalue weighted by molar-refractivity contribution is 6.30. The molecule has 0 amide bonds. The van der Waals surface area contributed by atoms with Crippen molar-refractivity contribution in [2.45, 2.75) is 6.42 Å². The first-order valence-corrected chi connectivity index (χ1v) is 4.01. The minimum absolute atomic E-state index is 0.181. The molecule has 0 spiro atoms. The highest BCUT2D eigenvalue weighted by Gasteiger charge is 1.90. The molecule has 2 N–H and O–H groups in total. The van der Waals surface area contributed by atoms with Gasteiger partial charge in [-0.2, -0.15) is 0 Å². The summed E-state index contributed by atoms with van der Waals surface area (Å²) in [5.74, 6) is 0. The summed E-state index contributed by atoms with van der Waals surface area (Å²) in [5.41, 5.74) is 1.08. The van der Waals surface area contributed by atoms with Crippen molar-refractivity contribution in [3.8, 4) is 0 Å². The molecular weight excluding hydrogens is 176 g/mol. The highest BCUT2D eigenvalue weighted by Crippen LogP contribution is 2.10. The van der Waals surface area contributed by atoms with Crippen molar-refractivity contribution in [2.24, 2.45) is 0 Å². The first kappa shape index (κ1) is 11.4. The molecule has 1 rings (SSSR count). The van der Waals surface area contributed by atoms with Gasteiger partial charge in [0.15, 0.2) is 0 Å². The summed E-state index contributed by atoms with van der Waals surface area (Å²) in [6.07, 6.45) is 0.681. The zero-order chi connectivity index (χ0) is 9.40. The quantitative estimate of drug-likeness (QED) is 0.738. The maximum atomic E-state index is 8.57. The fourth-order valence-electron chi connectivity index (χ4n) is 0.822. The predicted molar refractivity (Wildman–Crippen MR) is 50.4 cm³/mol. The second-order valence-corrected chi connectivity index (χ2v) is 2.54. The third-order valence-electron chi connectivity index (χ3n) is 1.29. The van der Waals surface area contributed by atoms with Crippen LogP contribution in [0.1, 0.15) is 5.56 Å². The molecule has 0 heterocycles. The molecule has 1 aromatic carbocycles. The lowest BCUT2D eigenvalue weighted by Crippen LogP contribution is -1.88. The maximum Gasteiger partial charge on any atom is 0.0471 e. The zero-order valence-corrected chi connectivity index (χ0v) is 7.75. The summed E-state index contributed by atoms with van der Waals surface area (Å²) < 4.78 is 0. The molecule has 3 heteroatoms. The van der Waals surface area contributed by atoms with Gasteiger partial charge in [0, 0.05) is 18.7 Å². The number of rotatable bonds is 2. The smallest absolute Gasteiger partial charge is 0.0471 e. The van der Waals surface area contributed by atoms with Crippen LogP contribution in [0.4, 0.5) is 0 Å². The van der Waals surface area contributed by atoms with Crippen molar-refractivity contribution >= 4 is 11.6 Å². The summed E-state index contributed by atoms with van der Waals surface area (Å²) >= 11 is 5.70. The standard InChI is InChI=1S/C8H9ClO.CH4O/c9-8-3-1-2-7(6-8)4-5-10;1-2/h1-3,6,10H,4-5H2;2H,1H3. The van der Waals surface area contributed by atoms with Gasteiger partial charge in [-0.25, -0.2) is 0 Å². The monoisotopic (exact) mass is 188 g/mol. The van der Waals surface area contributed by atoms with Gasteiger partial charge in [-0.15, -0.1) is 0 Å². The van der Waals surface area contributed by atoms with Crippen LogP contribution >= 0.6 is 11.6 Å². The molecule has 0 saturated heterocycles. The number of hydrogen-bond acceptors (Lipinski definition) is 2. The molecule has 0 fully saturated rings. The van der Waals surface area contributed by atoms with Gasteiger partial charge in [-0.05, 0) is 24.1 Å². The average molecular weight is 189 g/mol. The largest absolute Gasteiger partial charge is 0.400 e. The van der Waals surface area contributed by atoms with Crippen molar-refractivity contribution in [1.82, 2.24) is 0 Å². The highest BCUT2D eigenvalue weighted by atomic mass is 35.5. The molecule has 12 heavy (non-hydrogen) atoms. The molecular formula is C9H13ClO2. The van der Waals surface area contributed by atoms with Crippen LogP contribution in [0, 0.1) is 0 Å². The van der Waals surface area contributed by atoms with E-state index < -0.39 is 0 Å². The Hall–Kier alpha value is -0.570. The van der Waals surface area contributed by atoms with Gasteiger partial charge in [-0.3, -0.25) is 0 Å². The Balaban J connectivity index is 0.000000561. The Morgan fingerprint density at radius 3 is 2.50 bits per heavy atom. The van der Waals surface area contributed by atoms with Crippen LogP contribution in [0.3, 0.4) is 0 Å². The Kier molecular flexibility index (Phi) is 6.76. The van der Waals surface area contributed by atoms with Crippen LogP contribution in [0.15, 0.2) is 24.3 Å². The minimum Gasteiger partial charge on any atom is -0.400 e. The zero-order valence-electron chi connectivity index (χ0n) is 7.00. The molecule has 0 aliphatic heterocycles. The van der Waals surface area contributed by atoms with E-state index in [4.69, 9.17) is 21.8 Å². The van der Waals surface area contributed by atoms with E-state index in [9.17, 15) is 0 Å². The van der Waals surface area contributed by atoms with E-state index in [1.807, 2.05) is 24.3 Å². The molecule has 0 aliphatic carbocycles. The molecule has 0 saturated carbocycles. The van der Waals surface area contributed by atoms with Crippen molar-refractivity contribution in [1.29, 1.82) is 0 Å². The molecule has 0 aliphatic rings. The molecule has 0 atom stereocenters. The van der Waals surface area contributed by atoms with E-state index in [0.717, 1.165) is 17.7 Å². The number of halogens is 1. The molecule has 1 aromatic rings. The maximum absolute atomic E-state index is 8.57. The second-order valence-electron chi connectivity index (χ2n) is 2.10. The molecule has 2 nitrogen and oxygen atoms in total. The minimum atomic E-state index is 0.181. The molecule has 0 unspecified atom stereocenters. The van der Waals surface area contributed by atoms with Crippen molar-refractivity contribution < 1.29 is 10.2 Å². The molecule has 68 valence electrons. The van der Waals surface area contributed by atoms with Crippen LogP contribution in [0.2, 0.25) is 5.02 Å². The lowest BCUT2D eigenvalue weighted by Gasteiger charge is -1.96. The van der Waals surface area contributed by atoms with Crippen LogP contribution in [-0.4, -0.2) is 23.9 Å². The summed E-state index contributed by atoms with van der Waals surface area (Å²) in [6, 6.07) is 7.51. The Bertz CT molecular complexity index is 213. The first-order chi connectivity index (χ1) is 5.83. The van der Waals surface area contributed by atoms with Crippen LogP contribution < -0.4 is 0 Å². The fourth-order valence-corrected chi connectivity index (χ4v) is 1.03. The van der Waals surface area contributed by atoms with Gasteiger partial charge in [-0.1, -0.05) is 23.7 Å². The van der Waals surface area contributed by atoms with Crippen LogP contribution in [0.5, 0.6) is 0 Å². The average Bonchev–Trinajstić information content (AvgIpc) is 2.09. The molecule has 0 aromatic heterocycles. The van der Waals surface area contributed by atoms with E-state index in [0.29, 0.717) is 6.42 Å². The van der Waals surface area contributed by atoms with Gasteiger partial charge >= 0.3 is 0 Å². The van der Waals surface area contributed by atoms with Gasteiger partial charge in [0.1, 0.15) is 0 Å². The van der Waals surface area contributed by atoms with Crippen molar-refractivity contribution in [2.75, 3.05) is 13.7 Å². The molecule has 0 bridgehead atoms. The Morgan fingerprint density at radius 2 is 2.00 bits per heavy atom. The van der Waals surface area contributed by atoms with Crippen LogP contribution in [-0.2, 0) is 6.42 Å². The van der Waals surface area contributed by atoms with E-state index >= 15 is 0 Å². The summed E-state index contributed by atoms with van der Waals surface area (Å²) in [6.45, 7) is 0.181. The predicted octanol–water partition coefficient (Wildman–Crippen LogP) is 1.48. The number of benzene rings is 1. The van der Waals surface area contributed by atoms with Gasteiger partial charge in [0.05, 0.1) is 0 Å². The number of aliphatic hydroxyl groups excluding tert-OH is 2.